The Kier molecular flexibility index (Phi) is 4.73. The summed E-state index contributed by atoms with van der Waals surface area (Å²) >= 11 is 0. The van der Waals surface area contributed by atoms with Crippen LogP contribution in [0.3, 0.4) is 0 Å². The molecular formula is C14H21N3O. The van der Waals surface area contributed by atoms with Crippen molar-refractivity contribution < 1.29 is 4.79 Å². The first-order valence-corrected chi connectivity index (χ1v) is 6.57. The van der Waals surface area contributed by atoms with Crippen LogP contribution in [0.2, 0.25) is 0 Å². The van der Waals surface area contributed by atoms with Gasteiger partial charge in [-0.1, -0.05) is 30.3 Å². The van der Waals surface area contributed by atoms with Crippen LogP contribution >= 0.6 is 0 Å². The molecule has 3 N–H and O–H groups in total. The molecule has 2 rings (SSSR count). The molecule has 0 saturated carbocycles. The summed E-state index contributed by atoms with van der Waals surface area (Å²) in [5, 5.41) is 3.15. The maximum Gasteiger partial charge on any atom is 0.239 e. The van der Waals surface area contributed by atoms with Crippen molar-refractivity contribution in [2.75, 3.05) is 26.2 Å². The van der Waals surface area contributed by atoms with E-state index in [9.17, 15) is 4.79 Å². The number of hydrogen-bond acceptors (Lipinski definition) is 3. The fourth-order valence-electron chi connectivity index (χ4n) is 2.12. The molecule has 0 aliphatic carbocycles. The molecule has 1 heterocycles. The summed E-state index contributed by atoms with van der Waals surface area (Å²) in [7, 11) is 0. The van der Waals surface area contributed by atoms with Crippen LogP contribution in [0.1, 0.15) is 12.0 Å². The Morgan fingerprint density at radius 1 is 1.33 bits per heavy atom. The van der Waals surface area contributed by atoms with Crippen LogP contribution in [0.4, 0.5) is 0 Å². The lowest BCUT2D eigenvalue weighted by molar-refractivity contribution is -0.135. The first-order chi connectivity index (χ1) is 8.81. The number of amides is 1. The lowest BCUT2D eigenvalue weighted by atomic mass is 10.1. The van der Waals surface area contributed by atoms with E-state index in [2.05, 4.69) is 17.4 Å². The molecule has 0 spiro atoms. The van der Waals surface area contributed by atoms with E-state index in [1.165, 1.54) is 5.56 Å². The van der Waals surface area contributed by atoms with Gasteiger partial charge in [0.25, 0.3) is 0 Å². The Labute approximate surface area is 108 Å². The highest BCUT2D eigenvalue weighted by Crippen LogP contribution is 2.08. The van der Waals surface area contributed by atoms with Crippen molar-refractivity contribution in [3.8, 4) is 0 Å². The molecule has 0 aromatic heterocycles. The van der Waals surface area contributed by atoms with E-state index in [1.54, 1.807) is 0 Å². The zero-order valence-electron chi connectivity index (χ0n) is 10.6. The second-order valence-corrected chi connectivity index (χ2v) is 4.64. The van der Waals surface area contributed by atoms with Gasteiger partial charge in [-0.25, -0.2) is 0 Å². The van der Waals surface area contributed by atoms with Gasteiger partial charge in [0.15, 0.2) is 0 Å². The fourth-order valence-corrected chi connectivity index (χ4v) is 2.12. The number of carbonyl (C=O) groups excluding carboxylic acids is 1. The number of nitrogens with two attached hydrogens (primary N) is 1. The first-order valence-electron chi connectivity index (χ1n) is 6.57. The van der Waals surface area contributed by atoms with Crippen molar-refractivity contribution in [2.45, 2.75) is 18.9 Å². The fraction of sp³-hybridized carbons (Fsp3) is 0.500. The van der Waals surface area contributed by atoms with Crippen molar-refractivity contribution in [3.63, 3.8) is 0 Å². The topological polar surface area (TPSA) is 58.4 Å². The summed E-state index contributed by atoms with van der Waals surface area (Å²) in [6.07, 6.45) is 1.84. The molecule has 1 aliphatic heterocycles. The Bertz CT molecular complexity index is 376. The van der Waals surface area contributed by atoms with E-state index in [0.717, 1.165) is 25.9 Å². The predicted molar refractivity (Wildman–Crippen MR) is 72.2 cm³/mol. The van der Waals surface area contributed by atoms with Gasteiger partial charge in [-0.15, -0.1) is 0 Å². The van der Waals surface area contributed by atoms with Crippen molar-refractivity contribution >= 4 is 5.91 Å². The van der Waals surface area contributed by atoms with E-state index < -0.39 is 0 Å². The molecule has 1 amide bonds. The minimum absolute atomic E-state index is 0.0207. The average molecular weight is 247 g/mol. The van der Waals surface area contributed by atoms with Crippen LogP contribution in [-0.4, -0.2) is 43.0 Å². The summed E-state index contributed by atoms with van der Waals surface area (Å²) in [4.78, 5) is 14.0. The monoisotopic (exact) mass is 247 g/mol. The SMILES string of the molecule is NCCN(CCc1ccccc1)C(=O)[C@H]1CCN1. The quantitative estimate of drug-likeness (QED) is 0.764. The highest BCUT2D eigenvalue weighted by atomic mass is 16.2. The van der Waals surface area contributed by atoms with Gasteiger partial charge >= 0.3 is 0 Å². The summed E-state index contributed by atoms with van der Waals surface area (Å²) < 4.78 is 0. The molecule has 0 bridgehead atoms. The number of rotatable bonds is 6. The van der Waals surface area contributed by atoms with Crippen LogP contribution in [-0.2, 0) is 11.2 Å². The molecule has 4 nitrogen and oxygen atoms in total. The number of hydrogen-bond donors (Lipinski definition) is 2. The summed E-state index contributed by atoms with van der Waals surface area (Å²) in [5.74, 6) is 0.197. The lowest BCUT2D eigenvalue weighted by Crippen LogP contribution is -2.55. The molecule has 1 fully saturated rings. The Morgan fingerprint density at radius 3 is 2.61 bits per heavy atom. The van der Waals surface area contributed by atoms with Gasteiger partial charge in [0.1, 0.15) is 0 Å². The van der Waals surface area contributed by atoms with Crippen LogP contribution < -0.4 is 11.1 Å². The molecule has 0 unspecified atom stereocenters. The third-order valence-electron chi connectivity index (χ3n) is 3.35. The van der Waals surface area contributed by atoms with Gasteiger partial charge in [0.05, 0.1) is 6.04 Å². The standard InChI is InChI=1S/C14H21N3O/c15-8-11-17(14(18)13-6-9-16-13)10-7-12-4-2-1-3-5-12/h1-5,13,16H,6-11,15H2/t13-/m1/s1. The Hall–Kier alpha value is -1.39. The zero-order valence-corrected chi connectivity index (χ0v) is 10.6. The Balaban J connectivity index is 1.87. The minimum Gasteiger partial charge on any atom is -0.340 e. The average Bonchev–Trinajstić information content (AvgIpc) is 2.33. The van der Waals surface area contributed by atoms with Crippen LogP contribution in [0, 0.1) is 0 Å². The summed E-state index contributed by atoms with van der Waals surface area (Å²) in [5.41, 5.74) is 6.84. The van der Waals surface area contributed by atoms with Gasteiger partial charge < -0.3 is 16.0 Å². The van der Waals surface area contributed by atoms with Gasteiger partial charge in [-0.3, -0.25) is 4.79 Å². The third kappa shape index (κ3) is 3.31. The van der Waals surface area contributed by atoms with Crippen LogP contribution in [0.15, 0.2) is 30.3 Å². The highest BCUT2D eigenvalue weighted by Gasteiger charge is 2.28. The summed E-state index contributed by atoms with van der Waals surface area (Å²) in [6, 6.07) is 10.3. The maximum absolute atomic E-state index is 12.1. The smallest absolute Gasteiger partial charge is 0.239 e. The second kappa shape index (κ2) is 6.52. The molecule has 1 saturated heterocycles. The van der Waals surface area contributed by atoms with Gasteiger partial charge in [0.2, 0.25) is 5.91 Å². The van der Waals surface area contributed by atoms with E-state index >= 15 is 0 Å². The molecule has 0 radical (unpaired) electrons. The van der Waals surface area contributed by atoms with Crippen LogP contribution in [0.5, 0.6) is 0 Å². The van der Waals surface area contributed by atoms with Gasteiger partial charge in [-0.2, -0.15) is 0 Å². The predicted octanol–water partition coefficient (Wildman–Crippen LogP) is 0.378. The summed E-state index contributed by atoms with van der Waals surface area (Å²) in [6.45, 7) is 2.86. The molecular weight excluding hydrogens is 226 g/mol. The number of nitrogens with zero attached hydrogens (tertiary/aromatic N) is 1. The molecule has 1 aliphatic rings. The molecule has 4 heteroatoms. The van der Waals surface area contributed by atoms with Crippen LogP contribution in [0.25, 0.3) is 0 Å². The minimum atomic E-state index is 0.0207. The van der Waals surface area contributed by atoms with Crippen molar-refractivity contribution in [1.29, 1.82) is 0 Å². The van der Waals surface area contributed by atoms with E-state index in [-0.39, 0.29) is 11.9 Å². The largest absolute Gasteiger partial charge is 0.340 e. The molecule has 1 aromatic rings. The normalized spacial score (nSPS) is 18.2. The number of carbonyl (C=O) groups is 1. The van der Waals surface area contributed by atoms with Crippen molar-refractivity contribution in [3.05, 3.63) is 35.9 Å². The molecule has 18 heavy (non-hydrogen) atoms. The van der Waals surface area contributed by atoms with E-state index in [4.69, 9.17) is 5.73 Å². The van der Waals surface area contributed by atoms with Crippen molar-refractivity contribution in [2.24, 2.45) is 5.73 Å². The third-order valence-corrected chi connectivity index (χ3v) is 3.35. The molecule has 1 aromatic carbocycles. The van der Waals surface area contributed by atoms with Crippen molar-refractivity contribution in [1.82, 2.24) is 10.2 Å². The van der Waals surface area contributed by atoms with Gasteiger partial charge in [-0.05, 0) is 24.9 Å². The Morgan fingerprint density at radius 2 is 2.06 bits per heavy atom. The maximum atomic E-state index is 12.1. The zero-order chi connectivity index (χ0) is 12.8. The number of nitrogens with one attached hydrogen (secondary N) is 1. The number of benzene rings is 1. The van der Waals surface area contributed by atoms with Gasteiger partial charge in [0, 0.05) is 19.6 Å². The molecule has 98 valence electrons. The second-order valence-electron chi connectivity index (χ2n) is 4.64. The lowest BCUT2D eigenvalue weighted by Gasteiger charge is -2.32. The highest BCUT2D eigenvalue weighted by molar-refractivity contribution is 5.82. The van der Waals surface area contributed by atoms with E-state index in [1.807, 2.05) is 23.1 Å². The first kappa shape index (κ1) is 13.1. The van der Waals surface area contributed by atoms with E-state index in [0.29, 0.717) is 13.1 Å². The molecule has 1 atom stereocenters.